The average molecular weight is 441 g/mol. The first kappa shape index (κ1) is 22.8. The summed E-state index contributed by atoms with van der Waals surface area (Å²) in [5.74, 6) is -1.33. The summed E-state index contributed by atoms with van der Waals surface area (Å²) >= 11 is 22.9. The number of unbranched alkanes of at least 4 members (excludes halogenated alkanes) is 2. The standard InChI is InChI=1S/C16H20Cl3N3O3S/c1-2-3-4-8-12(23)21-14(16(17,18)19)22-15(26)20-11-7-5-6-10(9-11)13(24)25/h5-7,9,14H,2-4,8H2,1H3,(H,21,23)(H,24,25)(H2,20,22,26)/t14-/m1/s1. The van der Waals surface area contributed by atoms with Gasteiger partial charge >= 0.3 is 5.97 Å². The van der Waals surface area contributed by atoms with E-state index in [-0.39, 0.29) is 16.6 Å². The lowest BCUT2D eigenvalue weighted by molar-refractivity contribution is -0.122. The van der Waals surface area contributed by atoms with E-state index in [4.69, 9.17) is 52.1 Å². The third-order valence-electron chi connectivity index (χ3n) is 3.28. The number of thiocarbonyl (C=S) groups is 1. The smallest absolute Gasteiger partial charge is 0.335 e. The molecule has 0 unspecified atom stereocenters. The number of amides is 1. The van der Waals surface area contributed by atoms with Crippen molar-refractivity contribution in [1.29, 1.82) is 0 Å². The van der Waals surface area contributed by atoms with Crippen LogP contribution in [0.2, 0.25) is 0 Å². The third-order valence-corrected chi connectivity index (χ3v) is 4.16. The number of hydrogen-bond donors (Lipinski definition) is 4. The zero-order valence-corrected chi connectivity index (χ0v) is 17.1. The molecule has 4 N–H and O–H groups in total. The zero-order valence-electron chi connectivity index (χ0n) is 14.0. The first-order valence-corrected chi connectivity index (χ1v) is 9.44. The van der Waals surface area contributed by atoms with Crippen molar-refractivity contribution in [2.45, 2.75) is 42.6 Å². The highest BCUT2D eigenvalue weighted by molar-refractivity contribution is 7.80. The van der Waals surface area contributed by atoms with Crippen LogP contribution in [0.4, 0.5) is 5.69 Å². The van der Waals surface area contributed by atoms with Crippen molar-refractivity contribution in [2.24, 2.45) is 0 Å². The van der Waals surface area contributed by atoms with Gasteiger partial charge in [-0.1, -0.05) is 60.6 Å². The molecule has 0 saturated heterocycles. The Kier molecular flexibility index (Phi) is 9.43. The normalized spacial score (nSPS) is 12.2. The first-order chi connectivity index (χ1) is 12.1. The molecule has 26 heavy (non-hydrogen) atoms. The van der Waals surface area contributed by atoms with Gasteiger partial charge in [0, 0.05) is 12.1 Å². The van der Waals surface area contributed by atoms with Crippen LogP contribution in [0.1, 0.15) is 43.0 Å². The van der Waals surface area contributed by atoms with Gasteiger partial charge in [-0.25, -0.2) is 4.79 Å². The fourth-order valence-electron chi connectivity index (χ4n) is 2.00. The maximum absolute atomic E-state index is 12.0. The number of halogens is 3. The van der Waals surface area contributed by atoms with Crippen LogP contribution in [0.5, 0.6) is 0 Å². The molecule has 1 aromatic carbocycles. The highest BCUT2D eigenvalue weighted by Crippen LogP contribution is 2.29. The van der Waals surface area contributed by atoms with E-state index in [1.54, 1.807) is 12.1 Å². The van der Waals surface area contributed by atoms with Crippen LogP contribution < -0.4 is 16.0 Å². The van der Waals surface area contributed by atoms with Crippen LogP contribution in [0.3, 0.4) is 0 Å². The van der Waals surface area contributed by atoms with Crippen molar-refractivity contribution < 1.29 is 14.7 Å². The Balaban J connectivity index is 2.70. The molecular formula is C16H20Cl3N3O3S. The van der Waals surface area contributed by atoms with E-state index in [0.29, 0.717) is 12.1 Å². The molecule has 1 amide bonds. The highest BCUT2D eigenvalue weighted by atomic mass is 35.6. The number of carbonyl (C=O) groups excluding carboxylic acids is 1. The average Bonchev–Trinajstić information content (AvgIpc) is 2.53. The Bertz CT molecular complexity index is 653. The molecule has 144 valence electrons. The van der Waals surface area contributed by atoms with Crippen LogP contribution in [-0.4, -0.2) is 32.1 Å². The molecule has 0 aliphatic rings. The lowest BCUT2D eigenvalue weighted by atomic mass is 10.2. The summed E-state index contributed by atoms with van der Waals surface area (Å²) in [6, 6.07) is 6.05. The van der Waals surface area contributed by atoms with E-state index in [1.165, 1.54) is 12.1 Å². The Morgan fingerprint density at radius 1 is 1.23 bits per heavy atom. The molecule has 6 nitrogen and oxygen atoms in total. The molecule has 1 aromatic rings. The molecule has 0 fully saturated rings. The number of rotatable bonds is 8. The molecule has 0 radical (unpaired) electrons. The summed E-state index contributed by atoms with van der Waals surface area (Å²) in [5, 5.41) is 17.2. The number of anilines is 1. The summed E-state index contributed by atoms with van der Waals surface area (Å²) in [7, 11) is 0. The molecule has 0 aliphatic heterocycles. The zero-order chi connectivity index (χ0) is 19.7. The number of carboxylic acids is 1. The van der Waals surface area contributed by atoms with Gasteiger partial charge in [0.2, 0.25) is 9.70 Å². The molecule has 0 heterocycles. The van der Waals surface area contributed by atoms with E-state index in [1.807, 2.05) is 6.92 Å². The summed E-state index contributed by atoms with van der Waals surface area (Å²) in [5.41, 5.74) is 0.541. The quantitative estimate of drug-likeness (QED) is 0.211. The Labute approximate surface area is 172 Å². The molecule has 1 atom stereocenters. The number of carbonyl (C=O) groups is 2. The Morgan fingerprint density at radius 2 is 1.92 bits per heavy atom. The minimum Gasteiger partial charge on any atom is -0.478 e. The van der Waals surface area contributed by atoms with Crippen molar-refractivity contribution >= 4 is 69.7 Å². The van der Waals surface area contributed by atoms with E-state index >= 15 is 0 Å². The fourth-order valence-corrected chi connectivity index (χ4v) is 2.56. The van der Waals surface area contributed by atoms with Crippen LogP contribution in [0.25, 0.3) is 0 Å². The number of alkyl halides is 3. The van der Waals surface area contributed by atoms with Crippen molar-refractivity contribution in [3.63, 3.8) is 0 Å². The van der Waals surface area contributed by atoms with Gasteiger partial charge in [0.15, 0.2) is 5.11 Å². The van der Waals surface area contributed by atoms with E-state index in [0.717, 1.165) is 19.3 Å². The summed E-state index contributed by atoms with van der Waals surface area (Å²) in [4.78, 5) is 23.0. The monoisotopic (exact) mass is 439 g/mol. The second kappa shape index (κ2) is 10.8. The van der Waals surface area contributed by atoms with Gasteiger partial charge in [-0.15, -0.1) is 0 Å². The van der Waals surface area contributed by atoms with Gasteiger partial charge in [-0.05, 0) is 36.8 Å². The number of hydrogen-bond acceptors (Lipinski definition) is 3. The van der Waals surface area contributed by atoms with E-state index < -0.39 is 15.9 Å². The second-order valence-electron chi connectivity index (χ2n) is 5.48. The van der Waals surface area contributed by atoms with Crippen LogP contribution in [0, 0.1) is 0 Å². The molecule has 0 spiro atoms. The molecule has 0 aromatic heterocycles. The second-order valence-corrected chi connectivity index (χ2v) is 8.26. The summed E-state index contributed by atoms with van der Waals surface area (Å²) in [6.07, 6.45) is 1.92. The molecular weight excluding hydrogens is 421 g/mol. The highest BCUT2D eigenvalue weighted by Gasteiger charge is 2.34. The largest absolute Gasteiger partial charge is 0.478 e. The Hall–Kier alpha value is -1.28. The Morgan fingerprint density at radius 3 is 2.50 bits per heavy atom. The van der Waals surface area contributed by atoms with Crippen molar-refractivity contribution in [3.05, 3.63) is 29.8 Å². The van der Waals surface area contributed by atoms with Crippen LogP contribution in [0.15, 0.2) is 24.3 Å². The number of nitrogens with one attached hydrogen (secondary N) is 3. The SMILES string of the molecule is CCCCCC(=O)N[C@H](NC(=S)Nc1cccc(C(=O)O)c1)C(Cl)(Cl)Cl. The molecule has 0 aliphatic carbocycles. The lowest BCUT2D eigenvalue weighted by Crippen LogP contribution is -2.56. The van der Waals surface area contributed by atoms with Gasteiger partial charge in [0.1, 0.15) is 6.17 Å². The van der Waals surface area contributed by atoms with Crippen LogP contribution in [-0.2, 0) is 4.79 Å². The van der Waals surface area contributed by atoms with Gasteiger partial charge in [0.05, 0.1) is 5.56 Å². The third kappa shape index (κ3) is 8.40. The van der Waals surface area contributed by atoms with Crippen molar-refractivity contribution in [2.75, 3.05) is 5.32 Å². The molecule has 10 heteroatoms. The van der Waals surface area contributed by atoms with Gasteiger partial charge in [0.25, 0.3) is 0 Å². The molecule has 0 bridgehead atoms. The minimum atomic E-state index is -1.84. The maximum Gasteiger partial charge on any atom is 0.335 e. The molecule has 1 rings (SSSR count). The molecule has 0 saturated carbocycles. The van der Waals surface area contributed by atoms with E-state index in [9.17, 15) is 9.59 Å². The predicted octanol–water partition coefficient (Wildman–Crippen LogP) is 4.06. The maximum atomic E-state index is 12.0. The number of carboxylic acid groups (broad SMARTS) is 1. The van der Waals surface area contributed by atoms with E-state index in [2.05, 4.69) is 16.0 Å². The minimum absolute atomic E-state index is 0.0673. The predicted molar refractivity (Wildman–Crippen MR) is 109 cm³/mol. The lowest BCUT2D eigenvalue weighted by Gasteiger charge is -2.27. The number of aromatic carboxylic acids is 1. The number of benzene rings is 1. The van der Waals surface area contributed by atoms with Crippen molar-refractivity contribution in [1.82, 2.24) is 10.6 Å². The first-order valence-electron chi connectivity index (χ1n) is 7.90. The van der Waals surface area contributed by atoms with Crippen LogP contribution >= 0.6 is 47.0 Å². The van der Waals surface area contributed by atoms with Gasteiger partial charge in [-0.3, -0.25) is 4.79 Å². The summed E-state index contributed by atoms with van der Waals surface area (Å²) < 4.78 is -1.84. The summed E-state index contributed by atoms with van der Waals surface area (Å²) in [6.45, 7) is 2.03. The topological polar surface area (TPSA) is 90.5 Å². The van der Waals surface area contributed by atoms with Gasteiger partial charge < -0.3 is 21.1 Å². The van der Waals surface area contributed by atoms with Gasteiger partial charge in [-0.2, -0.15) is 0 Å². The van der Waals surface area contributed by atoms with Crippen molar-refractivity contribution in [3.8, 4) is 0 Å². The fraction of sp³-hybridized carbons (Fsp3) is 0.438.